The van der Waals surface area contributed by atoms with E-state index < -0.39 is 30.6 Å². The third-order valence-corrected chi connectivity index (χ3v) is 10.6. The number of anilines is 1. The number of aromatic amines is 1. The topological polar surface area (TPSA) is 193 Å². The van der Waals surface area contributed by atoms with Crippen molar-refractivity contribution in [1.82, 2.24) is 35.6 Å². The molecule has 3 fully saturated rings. The molecule has 7 rings (SSSR count). The van der Waals surface area contributed by atoms with Gasteiger partial charge in [0, 0.05) is 13.1 Å². The van der Waals surface area contributed by atoms with E-state index in [-0.39, 0.29) is 48.2 Å². The summed E-state index contributed by atoms with van der Waals surface area (Å²) in [6.45, 7) is 8.94. The number of likely N-dealkylation sites (tertiary alicyclic amines) is 2. The number of rotatable bonds is 12. The standard InChI is InChI=1S/C39H48N8O8/c1-21(2)31(42-38(51)52-5)36(49)47-17-7-9-29(47)35(48)44-33-26-15-14-25(18-30(26)55-45-33)23-10-12-24(13-11-23)27-19-40-34(41-27)28-8-6-16-46(28)37(50)32(22(3)4)43-39-53-20-54-39/h10-15,18-19,21-22,28-29,31-32,39,43H,6-9,16-17,20H2,1-5H3,(H,40,41)(H,42,51)(H,44,45,48)/t28-,29-,31+,32+/m0/s1. The van der Waals surface area contributed by atoms with Crippen LogP contribution < -0.4 is 16.0 Å². The summed E-state index contributed by atoms with van der Waals surface area (Å²) in [5.74, 6) is 0.166. The zero-order valence-electron chi connectivity index (χ0n) is 31.7. The van der Waals surface area contributed by atoms with E-state index >= 15 is 0 Å². The van der Waals surface area contributed by atoms with Crippen LogP contribution in [-0.4, -0.2) is 100 Å². The van der Waals surface area contributed by atoms with Crippen molar-refractivity contribution in [2.75, 3.05) is 32.3 Å². The lowest BCUT2D eigenvalue weighted by atomic mass is 10.0. The third-order valence-electron chi connectivity index (χ3n) is 10.6. The van der Waals surface area contributed by atoms with Crippen LogP contribution in [0.4, 0.5) is 10.6 Å². The van der Waals surface area contributed by atoms with Crippen molar-refractivity contribution in [3.05, 3.63) is 54.5 Å². The number of imidazole rings is 1. The lowest BCUT2D eigenvalue weighted by Gasteiger charge is -2.35. The lowest BCUT2D eigenvalue weighted by Crippen LogP contribution is -2.56. The fourth-order valence-corrected chi connectivity index (χ4v) is 7.50. The number of hydrogen-bond donors (Lipinski definition) is 4. The number of nitrogens with zero attached hydrogens (tertiary/aromatic N) is 4. The summed E-state index contributed by atoms with van der Waals surface area (Å²) in [5, 5.41) is 13.4. The first-order valence-corrected chi connectivity index (χ1v) is 18.8. The van der Waals surface area contributed by atoms with Gasteiger partial charge in [0.25, 0.3) is 0 Å². The summed E-state index contributed by atoms with van der Waals surface area (Å²) in [7, 11) is 1.24. The van der Waals surface area contributed by atoms with Gasteiger partial charge < -0.3 is 44.2 Å². The molecule has 0 aliphatic carbocycles. The summed E-state index contributed by atoms with van der Waals surface area (Å²) in [6.07, 6.45) is 3.39. The van der Waals surface area contributed by atoms with Crippen molar-refractivity contribution in [3.63, 3.8) is 0 Å². The summed E-state index contributed by atoms with van der Waals surface area (Å²) in [5.41, 5.74) is 4.14. The van der Waals surface area contributed by atoms with E-state index in [0.717, 1.165) is 41.1 Å². The third kappa shape index (κ3) is 7.93. The number of carbonyl (C=O) groups excluding carboxylic acids is 4. The maximum absolute atomic E-state index is 13.6. The van der Waals surface area contributed by atoms with E-state index in [9.17, 15) is 19.2 Å². The molecule has 4 amide bonds. The molecule has 292 valence electrons. The van der Waals surface area contributed by atoms with Crippen LogP contribution in [0.15, 0.2) is 53.2 Å². The quantitative estimate of drug-likeness (QED) is 0.156. The molecule has 16 heteroatoms. The van der Waals surface area contributed by atoms with Gasteiger partial charge in [0.2, 0.25) is 24.1 Å². The Labute approximate surface area is 318 Å². The molecule has 0 radical (unpaired) electrons. The Bertz CT molecular complexity index is 2020. The minimum absolute atomic E-state index is 0.00992. The summed E-state index contributed by atoms with van der Waals surface area (Å²) in [4.78, 5) is 64.0. The Balaban J connectivity index is 1.00. The number of fused-ring (bicyclic) bond motifs is 1. The molecule has 2 aromatic heterocycles. The second kappa shape index (κ2) is 16.2. The van der Waals surface area contributed by atoms with Crippen molar-refractivity contribution < 1.29 is 37.9 Å². The zero-order valence-corrected chi connectivity index (χ0v) is 31.7. The predicted octanol–water partition coefficient (Wildman–Crippen LogP) is 4.76. The van der Waals surface area contributed by atoms with Crippen molar-refractivity contribution >= 4 is 40.6 Å². The molecule has 0 saturated carbocycles. The molecule has 4 atom stereocenters. The second-order valence-electron chi connectivity index (χ2n) is 14.9. The van der Waals surface area contributed by atoms with Gasteiger partial charge in [-0.3, -0.25) is 19.7 Å². The molecule has 0 bridgehead atoms. The van der Waals surface area contributed by atoms with E-state index in [4.69, 9.17) is 23.7 Å². The molecule has 3 saturated heterocycles. The fraction of sp³-hybridized carbons (Fsp3) is 0.487. The van der Waals surface area contributed by atoms with Gasteiger partial charge in [0.15, 0.2) is 18.2 Å². The van der Waals surface area contributed by atoms with Crippen LogP contribution in [0.3, 0.4) is 0 Å². The zero-order chi connectivity index (χ0) is 38.8. The maximum Gasteiger partial charge on any atom is 0.407 e. The molecular weight excluding hydrogens is 708 g/mol. The Hall–Kier alpha value is -5.32. The number of nitrogens with one attached hydrogen (secondary N) is 4. The van der Waals surface area contributed by atoms with Crippen LogP contribution in [0.1, 0.15) is 65.2 Å². The number of H-pyrrole nitrogens is 1. The monoisotopic (exact) mass is 756 g/mol. The smallest absolute Gasteiger partial charge is 0.407 e. The number of amides is 4. The van der Waals surface area contributed by atoms with E-state index in [1.807, 2.05) is 75.1 Å². The predicted molar refractivity (Wildman–Crippen MR) is 201 cm³/mol. The second-order valence-corrected chi connectivity index (χ2v) is 14.9. The molecule has 5 heterocycles. The van der Waals surface area contributed by atoms with Crippen molar-refractivity contribution in [2.45, 2.75) is 84.0 Å². The van der Waals surface area contributed by atoms with Gasteiger partial charge in [-0.2, -0.15) is 0 Å². The van der Waals surface area contributed by atoms with Gasteiger partial charge in [0.1, 0.15) is 17.9 Å². The summed E-state index contributed by atoms with van der Waals surface area (Å²) >= 11 is 0. The van der Waals surface area contributed by atoms with Gasteiger partial charge in [-0.15, -0.1) is 0 Å². The van der Waals surface area contributed by atoms with Crippen molar-refractivity contribution in [2.24, 2.45) is 11.8 Å². The fourth-order valence-electron chi connectivity index (χ4n) is 7.50. The van der Waals surface area contributed by atoms with Gasteiger partial charge in [-0.25, -0.2) is 9.78 Å². The number of methoxy groups -OCH3 is 1. The summed E-state index contributed by atoms with van der Waals surface area (Å²) < 4.78 is 21.0. The number of carbonyl (C=O) groups is 4. The first-order chi connectivity index (χ1) is 26.5. The number of ether oxygens (including phenoxy) is 3. The minimum Gasteiger partial charge on any atom is -0.453 e. The molecular formula is C39H48N8O8. The molecule has 4 aromatic rings. The molecule has 2 aromatic carbocycles. The Morgan fingerprint density at radius 3 is 2.24 bits per heavy atom. The highest BCUT2D eigenvalue weighted by Gasteiger charge is 2.40. The highest BCUT2D eigenvalue weighted by atomic mass is 16.9. The van der Waals surface area contributed by atoms with Crippen molar-refractivity contribution in [1.29, 1.82) is 0 Å². The molecule has 4 N–H and O–H groups in total. The van der Waals surface area contributed by atoms with Gasteiger partial charge >= 0.3 is 6.09 Å². The Morgan fingerprint density at radius 2 is 1.55 bits per heavy atom. The normalized spacial score (nSPS) is 19.8. The Kier molecular flexibility index (Phi) is 11.2. The number of benzene rings is 2. The van der Waals surface area contributed by atoms with Crippen LogP contribution in [0.5, 0.6) is 0 Å². The average Bonchev–Trinajstić information content (AvgIpc) is 3.99. The SMILES string of the molecule is COC(=O)N[C@@H](C(=O)N1CCC[C@H]1C(=O)Nc1noc2cc(-c3ccc(-c4cnc([C@@H]5CCCN5C(=O)[C@H](NC5OCO5)C(C)C)[nH]4)cc3)ccc12)C(C)C. The largest absolute Gasteiger partial charge is 0.453 e. The molecule has 16 nitrogen and oxygen atoms in total. The van der Waals surface area contributed by atoms with Gasteiger partial charge in [-0.05, 0) is 66.3 Å². The summed E-state index contributed by atoms with van der Waals surface area (Å²) in [6, 6.07) is 11.6. The number of alkyl carbamates (subject to hydrolysis) is 1. The van der Waals surface area contributed by atoms with E-state index in [2.05, 4.69) is 26.1 Å². The van der Waals surface area contributed by atoms with E-state index in [0.29, 0.717) is 36.9 Å². The lowest BCUT2D eigenvalue weighted by molar-refractivity contribution is -0.335. The minimum atomic E-state index is -0.826. The van der Waals surface area contributed by atoms with Crippen LogP contribution in [0, 0.1) is 11.8 Å². The van der Waals surface area contributed by atoms with Crippen LogP contribution in [0.2, 0.25) is 0 Å². The van der Waals surface area contributed by atoms with Crippen LogP contribution >= 0.6 is 0 Å². The number of aromatic nitrogens is 3. The van der Waals surface area contributed by atoms with Crippen molar-refractivity contribution in [3.8, 4) is 22.4 Å². The molecule has 3 aliphatic rings. The highest BCUT2D eigenvalue weighted by Crippen LogP contribution is 2.34. The Morgan fingerprint density at radius 1 is 0.873 bits per heavy atom. The molecule has 0 spiro atoms. The maximum atomic E-state index is 13.6. The van der Waals surface area contributed by atoms with Crippen LogP contribution in [-0.2, 0) is 28.6 Å². The van der Waals surface area contributed by atoms with Crippen LogP contribution in [0.25, 0.3) is 33.4 Å². The molecule has 3 aliphatic heterocycles. The van der Waals surface area contributed by atoms with Gasteiger partial charge in [-0.1, -0.05) is 63.2 Å². The number of hydrogen-bond acceptors (Lipinski definition) is 11. The van der Waals surface area contributed by atoms with E-state index in [1.54, 1.807) is 6.20 Å². The van der Waals surface area contributed by atoms with Gasteiger partial charge in [0.05, 0.1) is 36.5 Å². The highest BCUT2D eigenvalue weighted by molar-refractivity contribution is 6.03. The molecule has 0 unspecified atom stereocenters. The average molecular weight is 757 g/mol. The first-order valence-electron chi connectivity index (χ1n) is 18.8. The molecule has 55 heavy (non-hydrogen) atoms. The van der Waals surface area contributed by atoms with E-state index in [1.165, 1.54) is 12.0 Å². The first kappa shape index (κ1) is 38.0.